The molecule has 0 aliphatic rings. The molecule has 5 N–H and O–H groups in total. The average molecular weight is 319 g/mol. The Morgan fingerprint density at radius 1 is 1.43 bits per heavy atom. The van der Waals surface area contributed by atoms with Crippen LogP contribution in [0.2, 0.25) is 0 Å². The molecule has 0 aliphatic heterocycles. The maximum atomic E-state index is 12.3. The van der Waals surface area contributed by atoms with Gasteiger partial charge in [-0.3, -0.25) is 19.9 Å². The van der Waals surface area contributed by atoms with Crippen molar-refractivity contribution < 1.29 is 14.4 Å². The van der Waals surface area contributed by atoms with Gasteiger partial charge >= 0.3 is 0 Å². The molecule has 6 heteroatoms. The normalized spacial score (nSPS) is 11.9. The molecule has 0 saturated heterocycles. The number of nitrogens with one attached hydrogen (secondary N) is 2. The van der Waals surface area contributed by atoms with Gasteiger partial charge in [-0.15, -0.1) is 0 Å². The van der Waals surface area contributed by atoms with E-state index in [1.165, 1.54) is 0 Å². The number of halogens is 1. The second-order valence-corrected chi connectivity index (χ2v) is 5.68. The minimum atomic E-state index is -0.819. The van der Waals surface area contributed by atoms with Crippen LogP contribution in [0.4, 0.5) is 4.39 Å². The number of benzene rings is 1. The molecular weight excluding hydrogens is 297 g/mol. The van der Waals surface area contributed by atoms with Crippen molar-refractivity contribution in [2.45, 2.75) is 31.8 Å². The first-order valence-electron chi connectivity index (χ1n) is 7.13. The highest BCUT2D eigenvalue weighted by Gasteiger charge is 2.29. The quantitative estimate of drug-likeness (QED) is 0.475. The average Bonchev–Trinajstić information content (AvgIpc) is 2.51. The second kappa shape index (κ2) is 8.32. The van der Waals surface area contributed by atoms with E-state index in [-0.39, 0.29) is 18.0 Å². The van der Waals surface area contributed by atoms with E-state index in [0.29, 0.717) is 11.1 Å². The van der Waals surface area contributed by atoms with Gasteiger partial charge in [0.05, 0.1) is 11.7 Å². The summed E-state index contributed by atoms with van der Waals surface area (Å²) in [6, 6.07) is 5.93. The predicted molar refractivity (Wildman–Crippen MR) is 87.5 cm³/mol. The molecule has 0 fully saturated rings. The molecule has 0 aliphatic carbocycles. The third kappa shape index (κ3) is 5.74. The van der Waals surface area contributed by atoms with Crippen LogP contribution in [0.5, 0.6) is 0 Å². The van der Waals surface area contributed by atoms with Crippen molar-refractivity contribution in [2.24, 2.45) is 5.73 Å². The van der Waals surface area contributed by atoms with Crippen LogP contribution in [0.1, 0.15) is 36.2 Å². The largest absolute Gasteiger partial charge is 0.342 e. The summed E-state index contributed by atoms with van der Waals surface area (Å²) >= 11 is 0. The number of hydrogen-bond acceptors (Lipinski definition) is 4. The zero-order valence-electron chi connectivity index (χ0n) is 13.3. The maximum absolute atomic E-state index is 12.3. The zero-order chi connectivity index (χ0) is 17.5. The van der Waals surface area contributed by atoms with E-state index in [2.05, 4.69) is 23.7 Å². The molecule has 0 spiro atoms. The molecule has 1 aromatic carbocycles. The number of nitrogens with two attached hydrogens (primary N) is 1. The lowest BCUT2D eigenvalue weighted by atomic mass is 9.93. The van der Waals surface area contributed by atoms with Crippen molar-refractivity contribution in [3.8, 4) is 11.8 Å². The van der Waals surface area contributed by atoms with Gasteiger partial charge in [0.25, 0.3) is 5.91 Å². The van der Waals surface area contributed by atoms with Crippen LogP contribution in [0.25, 0.3) is 0 Å². The van der Waals surface area contributed by atoms with Crippen LogP contribution < -0.4 is 16.5 Å². The Kier molecular flexibility index (Phi) is 6.76. The molecular formula is C17H22FN3O2. The highest BCUT2D eigenvalue weighted by atomic mass is 19.1. The first-order chi connectivity index (χ1) is 10.8. The van der Waals surface area contributed by atoms with Crippen molar-refractivity contribution >= 4 is 5.91 Å². The third-order valence-corrected chi connectivity index (χ3v) is 3.11. The van der Waals surface area contributed by atoms with E-state index in [9.17, 15) is 9.18 Å². The van der Waals surface area contributed by atoms with Crippen LogP contribution >= 0.6 is 0 Å². The Balaban J connectivity index is 2.85. The molecule has 0 saturated carbocycles. The summed E-state index contributed by atoms with van der Waals surface area (Å²) < 4.78 is 12.0. The van der Waals surface area contributed by atoms with E-state index in [0.717, 1.165) is 0 Å². The van der Waals surface area contributed by atoms with E-state index in [4.69, 9.17) is 10.9 Å². The lowest BCUT2D eigenvalue weighted by Crippen LogP contribution is -2.57. The Morgan fingerprint density at radius 3 is 2.52 bits per heavy atom. The molecule has 0 radical (unpaired) electrons. The summed E-state index contributed by atoms with van der Waals surface area (Å²) in [4.78, 5) is 12.3. The maximum Gasteiger partial charge on any atom is 0.251 e. The van der Waals surface area contributed by atoms with Gasteiger partial charge in [0, 0.05) is 23.1 Å². The molecule has 0 bridgehead atoms. The molecule has 23 heavy (non-hydrogen) atoms. The number of hydrogen-bond donors (Lipinski definition) is 4. The summed E-state index contributed by atoms with van der Waals surface area (Å²) in [5, 5.41) is 11.7. The fourth-order valence-corrected chi connectivity index (χ4v) is 1.92. The van der Waals surface area contributed by atoms with Crippen LogP contribution in [-0.2, 0) is 0 Å². The molecule has 5 nitrogen and oxygen atoms in total. The fourth-order valence-electron chi connectivity index (χ4n) is 1.92. The fraction of sp³-hybridized carbons (Fsp3) is 0.353. The van der Waals surface area contributed by atoms with Gasteiger partial charge in [-0.1, -0.05) is 18.4 Å². The number of amides is 1. The van der Waals surface area contributed by atoms with Crippen molar-refractivity contribution in [3.05, 3.63) is 47.7 Å². The number of carbonyl (C=O) groups is 1. The van der Waals surface area contributed by atoms with E-state index in [1.807, 2.05) is 5.48 Å². The van der Waals surface area contributed by atoms with Crippen LogP contribution in [0.15, 0.2) is 36.5 Å². The summed E-state index contributed by atoms with van der Waals surface area (Å²) in [7, 11) is 0. The van der Waals surface area contributed by atoms with Crippen molar-refractivity contribution in [2.75, 3.05) is 6.67 Å². The highest BCUT2D eigenvalue weighted by Crippen LogP contribution is 2.12. The first kappa shape index (κ1) is 18.7. The second-order valence-electron chi connectivity index (χ2n) is 5.68. The predicted octanol–water partition coefficient (Wildman–Crippen LogP) is 1.73. The van der Waals surface area contributed by atoms with Crippen molar-refractivity contribution in [1.29, 1.82) is 0 Å². The van der Waals surface area contributed by atoms with E-state index >= 15 is 0 Å². The van der Waals surface area contributed by atoms with Gasteiger partial charge < -0.3 is 11.1 Å². The van der Waals surface area contributed by atoms with E-state index in [1.54, 1.807) is 38.1 Å². The minimum Gasteiger partial charge on any atom is -0.342 e. The smallest absolute Gasteiger partial charge is 0.251 e. The van der Waals surface area contributed by atoms with Gasteiger partial charge in [-0.2, -0.15) is 0 Å². The molecule has 1 amide bonds. The van der Waals surface area contributed by atoms with Crippen LogP contribution in [-0.4, -0.2) is 29.4 Å². The van der Waals surface area contributed by atoms with Gasteiger partial charge in [0.2, 0.25) is 0 Å². The van der Waals surface area contributed by atoms with Crippen LogP contribution in [0, 0.1) is 11.8 Å². The molecule has 1 rings (SSSR count). The Bertz CT molecular complexity index is 609. The summed E-state index contributed by atoms with van der Waals surface area (Å²) in [6.07, 6.45) is 0.186. The monoisotopic (exact) mass is 319 g/mol. The zero-order valence-corrected chi connectivity index (χ0v) is 13.3. The molecule has 0 unspecified atom stereocenters. The number of alkyl halides is 1. The van der Waals surface area contributed by atoms with Gasteiger partial charge in [-0.05, 0) is 38.1 Å². The molecule has 1 atom stereocenters. The lowest BCUT2D eigenvalue weighted by Gasteiger charge is -2.32. The van der Waals surface area contributed by atoms with Gasteiger partial charge in [0.15, 0.2) is 0 Å². The Morgan fingerprint density at radius 2 is 2.04 bits per heavy atom. The van der Waals surface area contributed by atoms with E-state index < -0.39 is 18.3 Å². The molecule has 0 heterocycles. The first-order valence-corrected chi connectivity index (χ1v) is 7.13. The number of rotatable bonds is 6. The topological polar surface area (TPSA) is 87.4 Å². The highest BCUT2D eigenvalue weighted by molar-refractivity contribution is 5.94. The van der Waals surface area contributed by atoms with Crippen molar-refractivity contribution in [1.82, 2.24) is 10.8 Å². The number of carbonyl (C=O) groups excluding carboxylic acids is 1. The Hall–Kier alpha value is -2.36. The Labute approximate surface area is 135 Å². The summed E-state index contributed by atoms with van der Waals surface area (Å²) in [5.41, 5.74) is 8.42. The molecule has 0 aromatic heterocycles. The number of hydroxylamine groups is 1. The van der Waals surface area contributed by atoms with Crippen LogP contribution in [0.3, 0.4) is 0 Å². The van der Waals surface area contributed by atoms with Gasteiger partial charge in [-0.25, -0.2) is 0 Å². The molecule has 124 valence electrons. The summed E-state index contributed by atoms with van der Waals surface area (Å²) in [5.74, 6) is 5.14. The minimum absolute atomic E-state index is 0.186. The third-order valence-electron chi connectivity index (χ3n) is 3.11. The SMILES string of the molecule is C=C(NO)[C@@H](NC(=O)c1ccc(C#CCCF)cc1)C(C)(C)N. The van der Waals surface area contributed by atoms with Crippen molar-refractivity contribution in [3.63, 3.8) is 0 Å². The lowest BCUT2D eigenvalue weighted by molar-refractivity contribution is 0.0915. The standard InChI is InChI=1S/C17H22FN3O2/c1-12(21-23)15(17(2,3)19)20-16(22)14-9-7-13(8-10-14)6-4-5-11-18/h7-10,15,21,23H,1,5,11,19H2,2-3H3,(H,20,22)/t15-/m1/s1. The molecule has 1 aromatic rings. The summed E-state index contributed by atoms with van der Waals surface area (Å²) in [6.45, 7) is 6.58. The van der Waals surface area contributed by atoms with Gasteiger partial charge in [0.1, 0.15) is 6.67 Å².